The number of anilines is 1. The molecule has 1 saturated carbocycles. The Balaban J connectivity index is 1.28. The molecule has 1 heterocycles. The molecule has 2 aromatic carbocycles. The first-order chi connectivity index (χ1) is 14.7. The van der Waals surface area contributed by atoms with Gasteiger partial charge in [0.15, 0.2) is 0 Å². The number of aromatic nitrogens is 1. The normalized spacial score (nSPS) is 16.4. The zero-order chi connectivity index (χ0) is 20.5. The molecule has 0 spiro atoms. The van der Waals surface area contributed by atoms with E-state index >= 15 is 0 Å². The van der Waals surface area contributed by atoms with Crippen molar-refractivity contribution in [2.24, 2.45) is 0 Å². The van der Waals surface area contributed by atoms with E-state index in [1.165, 1.54) is 36.9 Å². The molecule has 0 unspecified atom stereocenters. The fourth-order valence-electron chi connectivity index (χ4n) is 4.79. The summed E-state index contributed by atoms with van der Waals surface area (Å²) in [6.07, 6.45) is 9.10. The smallest absolute Gasteiger partial charge is 0.255 e. The van der Waals surface area contributed by atoms with Gasteiger partial charge in [-0.3, -0.25) is 9.59 Å². The second-order valence-electron chi connectivity index (χ2n) is 8.54. The molecule has 5 nitrogen and oxygen atoms in total. The third kappa shape index (κ3) is 3.72. The first kappa shape index (κ1) is 18.9. The monoisotopic (exact) mass is 401 g/mol. The number of benzene rings is 2. The van der Waals surface area contributed by atoms with E-state index in [1.807, 2.05) is 18.2 Å². The summed E-state index contributed by atoms with van der Waals surface area (Å²) in [5.41, 5.74) is 5.76. The van der Waals surface area contributed by atoms with Crippen LogP contribution in [0.2, 0.25) is 0 Å². The van der Waals surface area contributed by atoms with Gasteiger partial charge < -0.3 is 15.6 Å². The first-order valence-corrected chi connectivity index (χ1v) is 11.0. The van der Waals surface area contributed by atoms with Crippen LogP contribution in [0.5, 0.6) is 0 Å². The van der Waals surface area contributed by atoms with Gasteiger partial charge in [0.05, 0.1) is 0 Å². The lowest BCUT2D eigenvalue weighted by Gasteiger charge is -2.12. The Labute approximate surface area is 176 Å². The highest BCUT2D eigenvalue weighted by atomic mass is 16.2. The number of aryl methyl sites for hydroxylation is 2. The van der Waals surface area contributed by atoms with Crippen molar-refractivity contribution >= 4 is 28.4 Å². The first-order valence-electron chi connectivity index (χ1n) is 11.0. The molecule has 2 aliphatic rings. The average Bonchev–Trinajstić information content (AvgIpc) is 3.41. The van der Waals surface area contributed by atoms with Crippen LogP contribution in [0.3, 0.4) is 0 Å². The van der Waals surface area contributed by atoms with Gasteiger partial charge in [0.2, 0.25) is 0 Å². The minimum absolute atomic E-state index is 0.0394. The van der Waals surface area contributed by atoms with Gasteiger partial charge in [-0.25, -0.2) is 0 Å². The summed E-state index contributed by atoms with van der Waals surface area (Å²) in [6.45, 7) is 0. The van der Waals surface area contributed by atoms with Crippen molar-refractivity contribution in [1.82, 2.24) is 10.3 Å². The third-order valence-corrected chi connectivity index (χ3v) is 6.46. The third-order valence-electron chi connectivity index (χ3n) is 6.46. The van der Waals surface area contributed by atoms with Gasteiger partial charge in [0, 0.05) is 39.5 Å². The predicted octanol–water partition coefficient (Wildman–Crippen LogP) is 4.97. The standard InChI is InChI=1S/C25H27N3O2/c29-24(26-18-5-1-2-6-18)16-9-12-19(13-10-16)27-25(30)17-11-14-23-21(15-17)20-7-3-4-8-22(20)28-23/h9-15,18,28H,1-8H2,(H,26,29)(H,27,30). The Hall–Kier alpha value is -3.08. The summed E-state index contributed by atoms with van der Waals surface area (Å²) in [5.74, 6) is -0.173. The highest BCUT2D eigenvalue weighted by Crippen LogP contribution is 2.30. The Morgan fingerprint density at radius 1 is 0.833 bits per heavy atom. The van der Waals surface area contributed by atoms with Crippen molar-refractivity contribution in [3.63, 3.8) is 0 Å². The lowest BCUT2D eigenvalue weighted by molar-refractivity contribution is 0.0937. The number of carbonyl (C=O) groups is 2. The Bertz CT molecular complexity index is 1090. The molecule has 1 fully saturated rings. The maximum atomic E-state index is 12.8. The summed E-state index contributed by atoms with van der Waals surface area (Å²) in [5, 5.41) is 7.21. The van der Waals surface area contributed by atoms with Gasteiger partial charge in [0.25, 0.3) is 11.8 Å². The second-order valence-corrected chi connectivity index (χ2v) is 8.54. The molecule has 0 bridgehead atoms. The van der Waals surface area contributed by atoms with Gasteiger partial charge in [0.1, 0.15) is 0 Å². The molecule has 5 rings (SSSR count). The molecular weight excluding hydrogens is 374 g/mol. The molecule has 2 amide bonds. The number of hydrogen-bond donors (Lipinski definition) is 3. The van der Waals surface area contributed by atoms with E-state index in [-0.39, 0.29) is 11.8 Å². The van der Waals surface area contributed by atoms with Crippen molar-refractivity contribution in [2.75, 3.05) is 5.32 Å². The van der Waals surface area contributed by atoms with E-state index in [4.69, 9.17) is 0 Å². The lowest BCUT2D eigenvalue weighted by atomic mass is 9.95. The van der Waals surface area contributed by atoms with Gasteiger partial charge in [-0.1, -0.05) is 12.8 Å². The number of rotatable bonds is 4. The lowest BCUT2D eigenvalue weighted by Crippen LogP contribution is -2.32. The van der Waals surface area contributed by atoms with Crippen LogP contribution in [0, 0.1) is 0 Å². The van der Waals surface area contributed by atoms with Crippen LogP contribution >= 0.6 is 0 Å². The largest absolute Gasteiger partial charge is 0.358 e. The molecule has 5 heteroatoms. The van der Waals surface area contributed by atoms with E-state index < -0.39 is 0 Å². The van der Waals surface area contributed by atoms with Crippen LogP contribution in [-0.2, 0) is 12.8 Å². The van der Waals surface area contributed by atoms with E-state index in [9.17, 15) is 9.59 Å². The zero-order valence-corrected chi connectivity index (χ0v) is 17.1. The second kappa shape index (κ2) is 7.98. The van der Waals surface area contributed by atoms with Gasteiger partial charge in [-0.15, -0.1) is 0 Å². The van der Waals surface area contributed by atoms with Crippen LogP contribution in [0.1, 0.15) is 70.5 Å². The molecule has 0 aliphatic heterocycles. The van der Waals surface area contributed by atoms with E-state index in [1.54, 1.807) is 24.3 Å². The van der Waals surface area contributed by atoms with Crippen molar-refractivity contribution in [1.29, 1.82) is 0 Å². The summed E-state index contributed by atoms with van der Waals surface area (Å²) in [4.78, 5) is 28.7. The number of amides is 2. The van der Waals surface area contributed by atoms with Crippen molar-refractivity contribution in [2.45, 2.75) is 57.4 Å². The average molecular weight is 402 g/mol. The summed E-state index contributed by atoms with van der Waals surface area (Å²) < 4.78 is 0. The highest BCUT2D eigenvalue weighted by molar-refractivity contribution is 6.07. The van der Waals surface area contributed by atoms with Gasteiger partial charge >= 0.3 is 0 Å². The fraction of sp³-hybridized carbons (Fsp3) is 0.360. The van der Waals surface area contributed by atoms with Crippen LogP contribution in [0.25, 0.3) is 10.9 Å². The number of nitrogens with one attached hydrogen (secondary N) is 3. The minimum atomic E-state index is -0.134. The van der Waals surface area contributed by atoms with E-state index in [0.717, 1.165) is 36.6 Å². The maximum Gasteiger partial charge on any atom is 0.255 e. The Kier molecular flexibility index (Phi) is 5.03. The number of fused-ring (bicyclic) bond motifs is 3. The van der Waals surface area contributed by atoms with E-state index in [0.29, 0.717) is 22.9 Å². The number of hydrogen-bond acceptors (Lipinski definition) is 2. The van der Waals surface area contributed by atoms with Crippen molar-refractivity contribution in [3.8, 4) is 0 Å². The Morgan fingerprint density at radius 3 is 2.37 bits per heavy atom. The molecule has 2 aliphatic carbocycles. The molecule has 0 saturated heterocycles. The van der Waals surface area contributed by atoms with Gasteiger partial charge in [-0.2, -0.15) is 0 Å². The number of H-pyrrole nitrogens is 1. The van der Waals surface area contributed by atoms with Crippen LogP contribution < -0.4 is 10.6 Å². The molecule has 154 valence electrons. The van der Waals surface area contributed by atoms with Gasteiger partial charge in [-0.05, 0) is 86.6 Å². The van der Waals surface area contributed by atoms with Crippen molar-refractivity contribution < 1.29 is 9.59 Å². The van der Waals surface area contributed by atoms with Crippen LogP contribution in [0.15, 0.2) is 42.5 Å². The van der Waals surface area contributed by atoms with E-state index in [2.05, 4.69) is 15.6 Å². The molecular formula is C25H27N3O2. The van der Waals surface area contributed by atoms with Crippen molar-refractivity contribution in [3.05, 3.63) is 64.8 Å². The molecule has 30 heavy (non-hydrogen) atoms. The fourth-order valence-corrected chi connectivity index (χ4v) is 4.79. The summed E-state index contributed by atoms with van der Waals surface area (Å²) in [7, 11) is 0. The quantitative estimate of drug-likeness (QED) is 0.577. The number of aromatic amines is 1. The SMILES string of the molecule is O=C(Nc1ccc(C(=O)NC2CCCC2)cc1)c1ccc2[nH]c3c(c2c1)CCCC3. The Morgan fingerprint density at radius 2 is 1.57 bits per heavy atom. The molecule has 3 aromatic rings. The summed E-state index contributed by atoms with van der Waals surface area (Å²) in [6, 6.07) is 13.3. The molecule has 3 N–H and O–H groups in total. The highest BCUT2D eigenvalue weighted by Gasteiger charge is 2.19. The molecule has 0 radical (unpaired) electrons. The predicted molar refractivity (Wildman–Crippen MR) is 119 cm³/mol. The number of carbonyl (C=O) groups excluding carboxylic acids is 2. The van der Waals surface area contributed by atoms with Crippen LogP contribution in [-0.4, -0.2) is 22.8 Å². The van der Waals surface area contributed by atoms with Crippen LogP contribution in [0.4, 0.5) is 5.69 Å². The minimum Gasteiger partial charge on any atom is -0.358 e. The molecule has 1 aromatic heterocycles. The topological polar surface area (TPSA) is 74.0 Å². The molecule has 0 atom stereocenters. The summed E-state index contributed by atoms with van der Waals surface area (Å²) >= 11 is 0. The maximum absolute atomic E-state index is 12.8. The zero-order valence-electron chi connectivity index (χ0n) is 17.1.